The summed E-state index contributed by atoms with van der Waals surface area (Å²) in [7, 11) is 0. The van der Waals surface area contributed by atoms with Crippen LogP contribution in [-0.4, -0.2) is 4.92 Å². The monoisotopic (exact) mass is 321 g/mol. The van der Waals surface area contributed by atoms with Crippen LogP contribution in [-0.2, 0) is 11.9 Å². The van der Waals surface area contributed by atoms with Gasteiger partial charge in [-0.2, -0.15) is 0 Å². The number of hydrogen-bond donors (Lipinski definition) is 0. The van der Waals surface area contributed by atoms with E-state index in [1.807, 2.05) is 24.3 Å². The molecule has 0 radical (unpaired) electrons. The van der Waals surface area contributed by atoms with Crippen LogP contribution in [0.15, 0.2) is 48.5 Å². The summed E-state index contributed by atoms with van der Waals surface area (Å²) in [6.45, 7) is 0.315. The van der Waals surface area contributed by atoms with Crippen LogP contribution in [0.2, 0.25) is 0 Å². The number of alkyl halides is 1. The van der Waals surface area contributed by atoms with Gasteiger partial charge in [-0.25, -0.2) is 0 Å². The number of benzene rings is 2. The van der Waals surface area contributed by atoms with Crippen molar-refractivity contribution in [2.75, 3.05) is 0 Å². The van der Waals surface area contributed by atoms with E-state index in [9.17, 15) is 10.1 Å². The fraction of sp³-hybridized carbons (Fsp3) is 0.143. The van der Waals surface area contributed by atoms with E-state index in [0.29, 0.717) is 6.61 Å². The molecule has 0 aliphatic carbocycles. The molecule has 4 nitrogen and oxygen atoms in total. The largest absolute Gasteiger partial charge is 0.489 e. The lowest BCUT2D eigenvalue weighted by molar-refractivity contribution is -0.384. The molecule has 0 saturated heterocycles. The van der Waals surface area contributed by atoms with Crippen LogP contribution in [0.25, 0.3) is 0 Å². The highest BCUT2D eigenvalue weighted by molar-refractivity contribution is 9.08. The number of nitro benzene ring substituents is 1. The second-order valence-corrected chi connectivity index (χ2v) is 4.55. The maximum absolute atomic E-state index is 10.7. The molecule has 19 heavy (non-hydrogen) atoms. The zero-order valence-corrected chi connectivity index (χ0v) is 11.7. The van der Waals surface area contributed by atoms with Gasteiger partial charge in [0.1, 0.15) is 12.4 Å². The van der Waals surface area contributed by atoms with Crippen LogP contribution in [0, 0.1) is 10.1 Å². The van der Waals surface area contributed by atoms with Crippen LogP contribution in [0.3, 0.4) is 0 Å². The molecular weight excluding hydrogens is 310 g/mol. The lowest BCUT2D eigenvalue weighted by Gasteiger charge is -2.06. The van der Waals surface area contributed by atoms with Crippen molar-refractivity contribution in [3.8, 4) is 5.75 Å². The summed E-state index contributed by atoms with van der Waals surface area (Å²) in [6, 6.07) is 14.2. The molecule has 0 N–H and O–H groups in total. The molecule has 0 aliphatic heterocycles. The lowest BCUT2D eigenvalue weighted by Crippen LogP contribution is -1.97. The van der Waals surface area contributed by atoms with Crippen LogP contribution in [0.1, 0.15) is 11.1 Å². The van der Waals surface area contributed by atoms with E-state index < -0.39 is 4.92 Å². The smallest absolute Gasteiger partial charge is 0.269 e. The first-order valence-electron chi connectivity index (χ1n) is 5.70. The first-order valence-corrected chi connectivity index (χ1v) is 6.82. The minimum Gasteiger partial charge on any atom is -0.489 e. The van der Waals surface area contributed by atoms with Crippen molar-refractivity contribution in [3.63, 3.8) is 0 Å². The number of nitrogens with zero attached hydrogens (tertiary/aromatic N) is 1. The van der Waals surface area contributed by atoms with Crippen LogP contribution >= 0.6 is 15.9 Å². The third-order valence-electron chi connectivity index (χ3n) is 2.60. The Balaban J connectivity index is 2.01. The van der Waals surface area contributed by atoms with E-state index in [1.54, 1.807) is 12.1 Å². The first-order chi connectivity index (χ1) is 9.19. The Morgan fingerprint density at radius 1 is 1.11 bits per heavy atom. The van der Waals surface area contributed by atoms with Gasteiger partial charge in [0, 0.05) is 17.5 Å². The highest BCUT2D eigenvalue weighted by Crippen LogP contribution is 2.18. The summed E-state index contributed by atoms with van der Waals surface area (Å²) in [5, 5.41) is 11.5. The van der Waals surface area contributed by atoms with Gasteiger partial charge in [-0.15, -0.1) is 0 Å². The molecule has 2 aromatic rings. The third kappa shape index (κ3) is 3.79. The molecule has 2 aromatic carbocycles. The van der Waals surface area contributed by atoms with Crippen molar-refractivity contribution in [1.29, 1.82) is 0 Å². The maximum Gasteiger partial charge on any atom is 0.269 e. The number of rotatable bonds is 5. The molecule has 0 bridgehead atoms. The van der Waals surface area contributed by atoms with Gasteiger partial charge < -0.3 is 4.74 Å². The molecule has 0 atom stereocenters. The molecule has 0 amide bonds. The first kappa shape index (κ1) is 13.5. The third-order valence-corrected chi connectivity index (χ3v) is 3.25. The molecule has 98 valence electrons. The highest BCUT2D eigenvalue weighted by atomic mass is 79.9. The standard InChI is InChI=1S/C14H12BrNO3/c15-9-11-4-6-14(7-5-11)19-10-12-2-1-3-13(8-12)16(17)18/h1-8H,9-10H2. The number of halogens is 1. The number of hydrogen-bond acceptors (Lipinski definition) is 3. The van der Waals surface area contributed by atoms with Crippen molar-refractivity contribution in [2.24, 2.45) is 0 Å². The second kappa shape index (κ2) is 6.33. The van der Waals surface area contributed by atoms with Crippen molar-refractivity contribution in [2.45, 2.75) is 11.9 Å². The quantitative estimate of drug-likeness (QED) is 0.474. The van der Waals surface area contributed by atoms with Crippen molar-refractivity contribution in [1.82, 2.24) is 0 Å². The molecular formula is C14H12BrNO3. The van der Waals surface area contributed by atoms with Gasteiger partial charge in [-0.05, 0) is 23.3 Å². The molecule has 0 aromatic heterocycles. The Bertz CT molecular complexity index is 569. The van der Waals surface area contributed by atoms with E-state index in [0.717, 1.165) is 16.6 Å². The Hall–Kier alpha value is -1.88. The van der Waals surface area contributed by atoms with Crippen molar-refractivity contribution in [3.05, 3.63) is 69.8 Å². The van der Waals surface area contributed by atoms with Gasteiger partial charge >= 0.3 is 0 Å². The van der Waals surface area contributed by atoms with Gasteiger partial charge in [-0.3, -0.25) is 10.1 Å². The topological polar surface area (TPSA) is 52.4 Å². The molecule has 0 aliphatic rings. The number of nitro groups is 1. The zero-order chi connectivity index (χ0) is 13.7. The van der Waals surface area contributed by atoms with Gasteiger partial charge in [0.2, 0.25) is 0 Å². The van der Waals surface area contributed by atoms with Crippen molar-refractivity contribution >= 4 is 21.6 Å². The van der Waals surface area contributed by atoms with Gasteiger partial charge in [0.25, 0.3) is 5.69 Å². The van der Waals surface area contributed by atoms with E-state index >= 15 is 0 Å². The number of ether oxygens (including phenoxy) is 1. The van der Waals surface area contributed by atoms with Crippen molar-refractivity contribution < 1.29 is 9.66 Å². The minimum atomic E-state index is -0.408. The molecule has 2 rings (SSSR count). The predicted octanol–water partition coefficient (Wildman–Crippen LogP) is 4.07. The zero-order valence-electron chi connectivity index (χ0n) is 10.1. The summed E-state index contributed by atoms with van der Waals surface area (Å²) < 4.78 is 5.59. The van der Waals surface area contributed by atoms with Gasteiger partial charge in [-0.1, -0.05) is 40.2 Å². The molecule has 0 unspecified atom stereocenters. The molecule has 0 saturated carbocycles. The average molecular weight is 322 g/mol. The minimum absolute atomic E-state index is 0.0794. The molecule has 0 spiro atoms. The second-order valence-electron chi connectivity index (χ2n) is 3.99. The summed E-state index contributed by atoms with van der Waals surface area (Å²) in [5.74, 6) is 0.746. The van der Waals surface area contributed by atoms with E-state index in [4.69, 9.17) is 4.74 Å². The Morgan fingerprint density at radius 2 is 1.84 bits per heavy atom. The SMILES string of the molecule is O=[N+]([O-])c1cccc(COc2ccc(CBr)cc2)c1. The fourth-order valence-corrected chi connectivity index (χ4v) is 1.98. The summed E-state index contributed by atoms with van der Waals surface area (Å²) in [6.07, 6.45) is 0. The van der Waals surface area contributed by atoms with Crippen LogP contribution in [0.5, 0.6) is 5.75 Å². The van der Waals surface area contributed by atoms with E-state index in [-0.39, 0.29) is 5.69 Å². The molecule has 5 heteroatoms. The molecule has 0 fully saturated rings. The Morgan fingerprint density at radius 3 is 2.47 bits per heavy atom. The summed E-state index contributed by atoms with van der Waals surface area (Å²) in [5.41, 5.74) is 2.03. The van der Waals surface area contributed by atoms with Crippen LogP contribution < -0.4 is 4.74 Å². The summed E-state index contributed by atoms with van der Waals surface area (Å²) >= 11 is 3.37. The maximum atomic E-state index is 10.7. The summed E-state index contributed by atoms with van der Waals surface area (Å²) in [4.78, 5) is 10.2. The molecule has 0 heterocycles. The Labute approximate surface area is 119 Å². The van der Waals surface area contributed by atoms with Gasteiger partial charge in [0.15, 0.2) is 0 Å². The highest BCUT2D eigenvalue weighted by Gasteiger charge is 2.05. The number of non-ortho nitro benzene ring substituents is 1. The fourth-order valence-electron chi connectivity index (χ4n) is 1.60. The lowest BCUT2D eigenvalue weighted by atomic mass is 10.2. The van der Waals surface area contributed by atoms with E-state index in [2.05, 4.69) is 15.9 Å². The van der Waals surface area contributed by atoms with Crippen LogP contribution in [0.4, 0.5) is 5.69 Å². The normalized spacial score (nSPS) is 10.2. The Kier molecular flexibility index (Phi) is 4.52. The predicted molar refractivity (Wildman–Crippen MR) is 76.5 cm³/mol. The van der Waals surface area contributed by atoms with Gasteiger partial charge in [0.05, 0.1) is 4.92 Å². The average Bonchev–Trinajstić information content (AvgIpc) is 2.46. The van der Waals surface area contributed by atoms with E-state index in [1.165, 1.54) is 17.7 Å².